The van der Waals surface area contributed by atoms with E-state index >= 15 is 0 Å². The standard InChI is InChI=1S/C15H23BN2O2/c1-11-12(6-7-13(10-17)18-11)8-9-16-19-14(2,3)15(4,5)20-16/h6-9H,10,17H2,1-5H3/b9-8+. The minimum atomic E-state index is -0.325. The lowest BCUT2D eigenvalue weighted by molar-refractivity contribution is 0.00578. The number of aryl methyl sites for hydroxylation is 1. The van der Waals surface area contributed by atoms with Crippen molar-refractivity contribution in [3.63, 3.8) is 0 Å². The molecular formula is C15H23BN2O2. The highest BCUT2D eigenvalue weighted by atomic mass is 16.7. The monoisotopic (exact) mass is 274 g/mol. The Balaban J connectivity index is 2.12. The normalized spacial score (nSPS) is 20.8. The lowest BCUT2D eigenvalue weighted by Crippen LogP contribution is -2.41. The second kappa shape index (κ2) is 5.32. The molecule has 0 amide bonds. The second-order valence-electron chi connectivity index (χ2n) is 6.17. The quantitative estimate of drug-likeness (QED) is 0.860. The van der Waals surface area contributed by atoms with Crippen LogP contribution in [0.1, 0.15) is 44.6 Å². The summed E-state index contributed by atoms with van der Waals surface area (Å²) in [4.78, 5) is 4.44. The van der Waals surface area contributed by atoms with Gasteiger partial charge in [-0.1, -0.05) is 18.1 Å². The van der Waals surface area contributed by atoms with E-state index in [0.29, 0.717) is 6.54 Å². The highest BCUT2D eigenvalue weighted by molar-refractivity contribution is 6.52. The van der Waals surface area contributed by atoms with E-state index in [2.05, 4.69) is 4.98 Å². The molecule has 0 radical (unpaired) electrons. The lowest BCUT2D eigenvalue weighted by atomic mass is 9.89. The van der Waals surface area contributed by atoms with E-state index in [0.717, 1.165) is 17.0 Å². The number of pyridine rings is 1. The minimum absolute atomic E-state index is 0.307. The molecule has 2 rings (SSSR count). The Labute approximate surface area is 121 Å². The van der Waals surface area contributed by atoms with Crippen LogP contribution in [0.2, 0.25) is 0 Å². The molecule has 0 atom stereocenters. The van der Waals surface area contributed by atoms with Crippen molar-refractivity contribution in [1.82, 2.24) is 4.98 Å². The first kappa shape index (κ1) is 15.2. The molecule has 2 N–H and O–H groups in total. The smallest absolute Gasteiger partial charge is 0.400 e. The summed E-state index contributed by atoms with van der Waals surface area (Å²) in [5.74, 6) is 1.93. The molecule has 1 aromatic heterocycles. The molecule has 1 aliphatic heterocycles. The molecule has 0 spiro atoms. The SMILES string of the molecule is Cc1nc(CN)ccc1/C=C/B1OC(C)(C)C(C)(C)O1. The minimum Gasteiger partial charge on any atom is -0.400 e. The average molecular weight is 274 g/mol. The third-order valence-electron chi connectivity index (χ3n) is 4.10. The van der Waals surface area contributed by atoms with Gasteiger partial charge in [-0.25, -0.2) is 0 Å². The van der Waals surface area contributed by atoms with Crippen LogP contribution in [-0.4, -0.2) is 23.3 Å². The fourth-order valence-electron chi connectivity index (χ4n) is 2.06. The zero-order valence-corrected chi connectivity index (χ0v) is 12.9. The summed E-state index contributed by atoms with van der Waals surface area (Å²) in [6.07, 6.45) is 1.99. The number of hydrogen-bond donors (Lipinski definition) is 1. The maximum atomic E-state index is 5.92. The van der Waals surface area contributed by atoms with Crippen LogP contribution < -0.4 is 5.73 Å². The van der Waals surface area contributed by atoms with Crippen LogP contribution in [-0.2, 0) is 15.9 Å². The Bertz CT molecular complexity index is 511. The van der Waals surface area contributed by atoms with Crippen molar-refractivity contribution in [1.29, 1.82) is 0 Å². The van der Waals surface area contributed by atoms with Gasteiger partial charge in [0.1, 0.15) is 0 Å². The van der Waals surface area contributed by atoms with Crippen LogP contribution in [0, 0.1) is 6.92 Å². The highest BCUT2D eigenvalue weighted by Crippen LogP contribution is 2.37. The van der Waals surface area contributed by atoms with Gasteiger partial charge in [-0.05, 0) is 46.2 Å². The third kappa shape index (κ3) is 2.95. The Hall–Kier alpha value is -1.17. The van der Waals surface area contributed by atoms with E-state index in [1.807, 2.05) is 58.8 Å². The van der Waals surface area contributed by atoms with Crippen LogP contribution in [0.25, 0.3) is 6.08 Å². The van der Waals surface area contributed by atoms with E-state index < -0.39 is 0 Å². The Morgan fingerprint density at radius 3 is 2.30 bits per heavy atom. The maximum Gasteiger partial charge on any atom is 0.487 e. The van der Waals surface area contributed by atoms with Crippen molar-refractivity contribution >= 4 is 13.2 Å². The summed E-state index contributed by atoms with van der Waals surface area (Å²) < 4.78 is 11.8. The number of aromatic nitrogens is 1. The predicted molar refractivity (Wildman–Crippen MR) is 82.0 cm³/mol. The average Bonchev–Trinajstić information content (AvgIpc) is 2.56. The van der Waals surface area contributed by atoms with E-state index in [-0.39, 0.29) is 18.3 Å². The van der Waals surface area contributed by atoms with Crippen molar-refractivity contribution in [2.75, 3.05) is 0 Å². The molecule has 5 heteroatoms. The van der Waals surface area contributed by atoms with Crippen molar-refractivity contribution < 1.29 is 9.31 Å². The number of rotatable bonds is 3. The summed E-state index contributed by atoms with van der Waals surface area (Å²) in [6.45, 7) is 10.6. The van der Waals surface area contributed by atoms with Crippen LogP contribution in [0.15, 0.2) is 18.1 Å². The highest BCUT2D eigenvalue weighted by Gasteiger charge is 2.49. The fourth-order valence-corrected chi connectivity index (χ4v) is 2.06. The molecule has 2 heterocycles. The molecule has 1 aromatic rings. The van der Waals surface area contributed by atoms with Crippen LogP contribution in [0.4, 0.5) is 0 Å². The third-order valence-corrected chi connectivity index (χ3v) is 4.10. The summed E-state index contributed by atoms with van der Waals surface area (Å²) in [5.41, 5.74) is 7.88. The molecule has 4 nitrogen and oxygen atoms in total. The van der Waals surface area contributed by atoms with Crippen molar-refractivity contribution in [3.05, 3.63) is 35.1 Å². The Morgan fingerprint density at radius 2 is 1.80 bits per heavy atom. The fraction of sp³-hybridized carbons (Fsp3) is 0.533. The van der Waals surface area contributed by atoms with E-state index in [4.69, 9.17) is 15.0 Å². The maximum absolute atomic E-state index is 5.92. The molecule has 1 aliphatic rings. The molecule has 0 unspecified atom stereocenters. The van der Waals surface area contributed by atoms with Gasteiger partial charge in [-0.15, -0.1) is 0 Å². The predicted octanol–water partition coefficient (Wildman–Crippen LogP) is 2.49. The van der Waals surface area contributed by atoms with Gasteiger partial charge in [0.25, 0.3) is 0 Å². The summed E-state index contributed by atoms with van der Waals surface area (Å²) in [7, 11) is -0.325. The molecule has 0 bridgehead atoms. The Morgan fingerprint density at radius 1 is 1.20 bits per heavy atom. The van der Waals surface area contributed by atoms with Gasteiger partial charge in [0, 0.05) is 12.2 Å². The molecule has 0 saturated carbocycles. The van der Waals surface area contributed by atoms with Gasteiger partial charge in [-0.3, -0.25) is 4.98 Å². The first-order valence-corrected chi connectivity index (χ1v) is 6.95. The lowest BCUT2D eigenvalue weighted by Gasteiger charge is -2.32. The topological polar surface area (TPSA) is 57.4 Å². The van der Waals surface area contributed by atoms with E-state index in [9.17, 15) is 0 Å². The van der Waals surface area contributed by atoms with E-state index in [1.54, 1.807) is 0 Å². The van der Waals surface area contributed by atoms with Crippen molar-refractivity contribution in [2.24, 2.45) is 5.73 Å². The molecule has 108 valence electrons. The summed E-state index contributed by atoms with van der Waals surface area (Å²) in [6, 6.07) is 3.96. The van der Waals surface area contributed by atoms with Crippen LogP contribution in [0.3, 0.4) is 0 Å². The first-order valence-electron chi connectivity index (χ1n) is 6.95. The summed E-state index contributed by atoms with van der Waals surface area (Å²) in [5, 5.41) is 0. The zero-order chi connectivity index (χ0) is 15.0. The summed E-state index contributed by atoms with van der Waals surface area (Å²) >= 11 is 0. The van der Waals surface area contributed by atoms with Crippen molar-refractivity contribution in [3.8, 4) is 0 Å². The first-order chi connectivity index (χ1) is 9.25. The number of hydrogen-bond acceptors (Lipinski definition) is 4. The van der Waals surface area contributed by atoms with E-state index in [1.165, 1.54) is 0 Å². The second-order valence-corrected chi connectivity index (χ2v) is 6.17. The van der Waals surface area contributed by atoms with Gasteiger partial charge in [0.05, 0.1) is 16.9 Å². The van der Waals surface area contributed by atoms with Crippen molar-refractivity contribution in [2.45, 2.75) is 52.4 Å². The number of nitrogens with two attached hydrogens (primary N) is 1. The Kier molecular flexibility index (Phi) is 4.05. The van der Waals surface area contributed by atoms with Gasteiger partial charge in [-0.2, -0.15) is 0 Å². The zero-order valence-electron chi connectivity index (χ0n) is 12.9. The van der Waals surface area contributed by atoms with Gasteiger partial charge in [0.2, 0.25) is 0 Å². The molecule has 0 aromatic carbocycles. The molecule has 20 heavy (non-hydrogen) atoms. The van der Waals surface area contributed by atoms with Gasteiger partial charge < -0.3 is 15.0 Å². The van der Waals surface area contributed by atoms with Gasteiger partial charge in [0.15, 0.2) is 0 Å². The molecular weight excluding hydrogens is 251 g/mol. The van der Waals surface area contributed by atoms with Crippen LogP contribution in [0.5, 0.6) is 0 Å². The number of nitrogens with zero attached hydrogens (tertiary/aromatic N) is 1. The van der Waals surface area contributed by atoms with Gasteiger partial charge >= 0.3 is 7.12 Å². The molecule has 1 saturated heterocycles. The molecule has 1 fully saturated rings. The van der Waals surface area contributed by atoms with Crippen LogP contribution >= 0.6 is 0 Å². The molecule has 0 aliphatic carbocycles. The largest absolute Gasteiger partial charge is 0.487 e.